The first-order valence-electron chi connectivity index (χ1n) is 9.52. The Labute approximate surface area is 167 Å². The predicted molar refractivity (Wildman–Crippen MR) is 112 cm³/mol. The standard InChI is InChI=1S/C21H27N3O3S/c1-3-18-8-4-5-10-20(18)22-21(25)19-9-6-7-17(15-19)16-23-11-13-24(14-12-23)28(2,26)27/h4-10,15H,3,11-14,16H2,1-2H3,(H,22,25). The number of amides is 1. The van der Waals surface area contributed by atoms with Crippen molar-refractivity contribution < 1.29 is 13.2 Å². The van der Waals surface area contributed by atoms with E-state index in [0.29, 0.717) is 38.3 Å². The number of carbonyl (C=O) groups excluding carboxylic acids is 1. The smallest absolute Gasteiger partial charge is 0.255 e. The van der Waals surface area contributed by atoms with Gasteiger partial charge in [-0.2, -0.15) is 4.31 Å². The Hall–Kier alpha value is -2.22. The lowest BCUT2D eigenvalue weighted by molar-refractivity contribution is 0.102. The molecule has 0 aromatic heterocycles. The quantitative estimate of drug-likeness (QED) is 0.808. The van der Waals surface area contributed by atoms with Crippen LogP contribution in [-0.2, 0) is 23.0 Å². The minimum absolute atomic E-state index is 0.121. The maximum Gasteiger partial charge on any atom is 0.255 e. The van der Waals surface area contributed by atoms with Gasteiger partial charge in [-0.25, -0.2) is 8.42 Å². The van der Waals surface area contributed by atoms with Crippen molar-refractivity contribution in [2.75, 3.05) is 37.8 Å². The highest BCUT2D eigenvalue weighted by molar-refractivity contribution is 7.88. The van der Waals surface area contributed by atoms with Crippen LogP contribution >= 0.6 is 0 Å². The fraction of sp³-hybridized carbons (Fsp3) is 0.381. The molecule has 1 aliphatic heterocycles. The van der Waals surface area contributed by atoms with Crippen LogP contribution in [0, 0.1) is 0 Å². The molecule has 0 bridgehead atoms. The van der Waals surface area contributed by atoms with Gasteiger partial charge in [-0.3, -0.25) is 9.69 Å². The SMILES string of the molecule is CCc1ccccc1NC(=O)c1cccc(CN2CCN(S(C)(=O)=O)CC2)c1. The lowest BCUT2D eigenvalue weighted by Crippen LogP contribution is -2.47. The molecule has 3 rings (SSSR count). The summed E-state index contributed by atoms with van der Waals surface area (Å²) in [6.07, 6.45) is 2.11. The van der Waals surface area contributed by atoms with E-state index >= 15 is 0 Å². The molecule has 1 amide bonds. The van der Waals surface area contributed by atoms with Gasteiger partial charge in [0.1, 0.15) is 0 Å². The second-order valence-electron chi connectivity index (χ2n) is 7.10. The topological polar surface area (TPSA) is 69.7 Å². The molecule has 6 nitrogen and oxygen atoms in total. The summed E-state index contributed by atoms with van der Waals surface area (Å²) in [6, 6.07) is 15.4. The minimum atomic E-state index is -3.12. The van der Waals surface area contributed by atoms with Crippen molar-refractivity contribution in [2.45, 2.75) is 19.9 Å². The zero-order valence-electron chi connectivity index (χ0n) is 16.4. The van der Waals surface area contributed by atoms with E-state index in [4.69, 9.17) is 0 Å². The van der Waals surface area contributed by atoms with Crippen molar-refractivity contribution in [3.63, 3.8) is 0 Å². The Morgan fingerprint density at radius 1 is 1.04 bits per heavy atom. The van der Waals surface area contributed by atoms with Crippen LogP contribution in [0.25, 0.3) is 0 Å². The van der Waals surface area contributed by atoms with Gasteiger partial charge in [0.05, 0.1) is 6.26 Å². The van der Waals surface area contributed by atoms with Crippen LogP contribution < -0.4 is 5.32 Å². The van der Waals surface area contributed by atoms with E-state index in [1.54, 1.807) is 0 Å². The van der Waals surface area contributed by atoms with Crippen LogP contribution in [0.5, 0.6) is 0 Å². The molecule has 0 aliphatic carbocycles. The second-order valence-corrected chi connectivity index (χ2v) is 9.09. The Kier molecular flexibility index (Phi) is 6.49. The predicted octanol–water partition coefficient (Wildman–Crippen LogP) is 2.58. The molecule has 2 aromatic rings. The number of sulfonamides is 1. The summed E-state index contributed by atoms with van der Waals surface area (Å²) < 4.78 is 24.8. The number of anilines is 1. The summed E-state index contributed by atoms with van der Waals surface area (Å²) in [6.45, 7) is 5.15. The van der Waals surface area contributed by atoms with Gasteiger partial charge >= 0.3 is 0 Å². The maximum absolute atomic E-state index is 12.7. The average molecular weight is 402 g/mol. The zero-order valence-corrected chi connectivity index (χ0v) is 17.2. The molecule has 0 radical (unpaired) electrons. The van der Waals surface area contributed by atoms with E-state index in [2.05, 4.69) is 17.1 Å². The van der Waals surface area contributed by atoms with Crippen LogP contribution in [0.4, 0.5) is 5.69 Å². The van der Waals surface area contributed by atoms with E-state index in [0.717, 1.165) is 23.2 Å². The van der Waals surface area contributed by atoms with Gasteiger partial charge in [-0.1, -0.05) is 37.3 Å². The van der Waals surface area contributed by atoms with Crippen LogP contribution in [0.1, 0.15) is 28.4 Å². The van der Waals surface area contributed by atoms with Gasteiger partial charge in [0.15, 0.2) is 0 Å². The molecule has 2 aromatic carbocycles. The largest absolute Gasteiger partial charge is 0.322 e. The first-order valence-corrected chi connectivity index (χ1v) is 11.4. The van der Waals surface area contributed by atoms with Crippen LogP contribution in [0.3, 0.4) is 0 Å². The van der Waals surface area contributed by atoms with Crippen LogP contribution in [0.2, 0.25) is 0 Å². The monoisotopic (exact) mass is 401 g/mol. The molecule has 0 saturated carbocycles. The third-order valence-electron chi connectivity index (χ3n) is 5.04. The first-order chi connectivity index (χ1) is 13.4. The number of carbonyl (C=O) groups is 1. The lowest BCUT2D eigenvalue weighted by Gasteiger charge is -2.33. The molecule has 0 unspecified atom stereocenters. The summed E-state index contributed by atoms with van der Waals surface area (Å²) in [5.41, 5.74) is 3.62. The number of hydrogen-bond acceptors (Lipinski definition) is 4. The highest BCUT2D eigenvalue weighted by atomic mass is 32.2. The molecule has 150 valence electrons. The van der Waals surface area contributed by atoms with E-state index in [1.807, 2.05) is 48.5 Å². The van der Waals surface area contributed by atoms with E-state index in [-0.39, 0.29) is 5.91 Å². The van der Waals surface area contributed by atoms with Gasteiger partial charge in [-0.15, -0.1) is 0 Å². The fourth-order valence-electron chi connectivity index (χ4n) is 3.43. The minimum Gasteiger partial charge on any atom is -0.322 e. The number of para-hydroxylation sites is 1. The van der Waals surface area contributed by atoms with Crippen LogP contribution in [0.15, 0.2) is 48.5 Å². The molecule has 1 fully saturated rings. The molecule has 1 heterocycles. The molecular weight excluding hydrogens is 374 g/mol. The van der Waals surface area contributed by atoms with Crippen molar-refractivity contribution in [1.29, 1.82) is 0 Å². The molecule has 1 aliphatic rings. The summed E-state index contributed by atoms with van der Waals surface area (Å²) in [7, 11) is -3.12. The van der Waals surface area contributed by atoms with Crippen molar-refractivity contribution >= 4 is 21.6 Å². The van der Waals surface area contributed by atoms with Gasteiger partial charge in [0.2, 0.25) is 10.0 Å². The average Bonchev–Trinajstić information content (AvgIpc) is 2.68. The number of benzene rings is 2. The number of rotatable bonds is 6. The van der Waals surface area contributed by atoms with Crippen molar-refractivity contribution in [2.24, 2.45) is 0 Å². The van der Waals surface area contributed by atoms with Gasteiger partial charge in [0.25, 0.3) is 5.91 Å². The Morgan fingerprint density at radius 3 is 2.43 bits per heavy atom. The normalized spacial score (nSPS) is 16.1. The molecule has 0 atom stereocenters. The lowest BCUT2D eigenvalue weighted by atomic mass is 10.1. The number of nitrogens with zero attached hydrogens (tertiary/aromatic N) is 2. The van der Waals surface area contributed by atoms with E-state index in [1.165, 1.54) is 10.6 Å². The Balaban J connectivity index is 1.63. The van der Waals surface area contributed by atoms with Gasteiger partial charge < -0.3 is 5.32 Å². The van der Waals surface area contributed by atoms with Crippen LogP contribution in [-0.4, -0.2) is 56.0 Å². The van der Waals surface area contributed by atoms with Crippen molar-refractivity contribution in [3.8, 4) is 0 Å². The highest BCUT2D eigenvalue weighted by Crippen LogP contribution is 2.18. The van der Waals surface area contributed by atoms with Gasteiger partial charge in [-0.05, 0) is 35.7 Å². The highest BCUT2D eigenvalue weighted by Gasteiger charge is 2.23. The molecule has 7 heteroatoms. The summed E-state index contributed by atoms with van der Waals surface area (Å²) in [4.78, 5) is 14.9. The van der Waals surface area contributed by atoms with Gasteiger partial charge in [0, 0.05) is 44.0 Å². The summed E-state index contributed by atoms with van der Waals surface area (Å²) in [5.74, 6) is -0.121. The molecule has 1 N–H and O–H groups in total. The van der Waals surface area contributed by atoms with E-state index < -0.39 is 10.0 Å². The second kappa shape index (κ2) is 8.86. The Bertz CT molecular complexity index is 935. The summed E-state index contributed by atoms with van der Waals surface area (Å²) in [5, 5.41) is 3.01. The van der Waals surface area contributed by atoms with Crippen molar-refractivity contribution in [1.82, 2.24) is 9.21 Å². The number of nitrogens with one attached hydrogen (secondary N) is 1. The molecule has 0 spiro atoms. The van der Waals surface area contributed by atoms with Crippen molar-refractivity contribution in [3.05, 3.63) is 65.2 Å². The number of hydrogen-bond donors (Lipinski definition) is 1. The number of piperazine rings is 1. The third kappa shape index (κ3) is 5.19. The van der Waals surface area contributed by atoms with E-state index in [9.17, 15) is 13.2 Å². The zero-order chi connectivity index (χ0) is 20.1. The maximum atomic E-state index is 12.7. The fourth-order valence-corrected chi connectivity index (χ4v) is 4.26. The Morgan fingerprint density at radius 2 is 1.75 bits per heavy atom. The number of aryl methyl sites for hydroxylation is 1. The third-order valence-corrected chi connectivity index (χ3v) is 6.35. The molecule has 28 heavy (non-hydrogen) atoms. The molecular formula is C21H27N3O3S. The molecule has 1 saturated heterocycles. The summed E-state index contributed by atoms with van der Waals surface area (Å²) >= 11 is 0. The first kappa shape index (κ1) is 20.5.